The molecule has 0 amide bonds. The van der Waals surface area contributed by atoms with Crippen LogP contribution in [0.25, 0.3) is 0 Å². The lowest BCUT2D eigenvalue weighted by Gasteiger charge is -2.58. The van der Waals surface area contributed by atoms with Crippen molar-refractivity contribution in [2.24, 2.45) is 22.7 Å². The zero-order valence-electron chi connectivity index (χ0n) is 20.4. The fraction of sp³-hybridized carbons (Fsp3) is 0.724. The molecule has 0 heterocycles. The van der Waals surface area contributed by atoms with E-state index < -0.39 is 22.8 Å². The van der Waals surface area contributed by atoms with E-state index in [0.717, 1.165) is 34.9 Å². The first kappa shape index (κ1) is 24.5. The Kier molecular flexibility index (Phi) is 5.48. The highest BCUT2D eigenvalue weighted by atomic mass is 79.9. The quantitative estimate of drug-likeness (QED) is 0.348. The number of aliphatic hydroxyl groups is 2. The number of rotatable bonds is 1. The molecule has 0 bridgehead atoms. The van der Waals surface area contributed by atoms with E-state index in [4.69, 9.17) is 0 Å². The maximum atomic E-state index is 14.4. The lowest BCUT2D eigenvalue weighted by molar-refractivity contribution is -0.299. The fourth-order valence-electron chi connectivity index (χ4n) is 9.54. The monoisotopic (exact) mass is 552 g/mol. The van der Waals surface area contributed by atoms with Gasteiger partial charge in [0.1, 0.15) is 0 Å². The summed E-state index contributed by atoms with van der Waals surface area (Å²) in [6, 6.07) is 7.94. The molecule has 5 aliphatic rings. The Morgan fingerprint density at radius 1 is 0.943 bits per heavy atom. The van der Waals surface area contributed by atoms with Crippen LogP contribution in [-0.4, -0.2) is 27.6 Å². The molecule has 2 N–H and O–H groups in total. The Balaban J connectivity index is 1.49. The third-order valence-electron chi connectivity index (χ3n) is 11.2. The summed E-state index contributed by atoms with van der Waals surface area (Å²) in [5.41, 5.74) is -1.12. The second-order valence-electron chi connectivity index (χ2n) is 12.7. The lowest BCUT2D eigenvalue weighted by Crippen LogP contribution is -2.59. The van der Waals surface area contributed by atoms with E-state index in [0.29, 0.717) is 19.3 Å². The van der Waals surface area contributed by atoms with Gasteiger partial charge in [0.05, 0.1) is 5.60 Å². The number of alkyl halides is 3. The van der Waals surface area contributed by atoms with Crippen molar-refractivity contribution in [2.45, 2.75) is 107 Å². The van der Waals surface area contributed by atoms with Gasteiger partial charge in [0.25, 0.3) is 0 Å². The predicted molar refractivity (Wildman–Crippen MR) is 133 cm³/mol. The molecule has 0 radical (unpaired) electrons. The van der Waals surface area contributed by atoms with Crippen molar-refractivity contribution in [3.05, 3.63) is 45.4 Å². The zero-order valence-corrected chi connectivity index (χ0v) is 22.0. The molecule has 2 unspecified atom stereocenters. The first-order valence-electron chi connectivity index (χ1n) is 13.4. The molecule has 192 valence electrons. The van der Waals surface area contributed by atoms with Crippen molar-refractivity contribution < 1.29 is 23.4 Å². The predicted octanol–water partition coefficient (Wildman–Crippen LogP) is 7.83. The van der Waals surface area contributed by atoms with Crippen molar-refractivity contribution in [1.82, 2.24) is 0 Å². The van der Waals surface area contributed by atoms with Crippen molar-refractivity contribution in [3.8, 4) is 0 Å². The Labute approximate surface area is 214 Å². The maximum Gasteiger partial charge on any atom is 0.417 e. The van der Waals surface area contributed by atoms with Crippen molar-refractivity contribution in [3.63, 3.8) is 0 Å². The molecule has 0 aromatic heterocycles. The van der Waals surface area contributed by atoms with Crippen LogP contribution in [0.4, 0.5) is 13.2 Å². The first-order valence-corrected chi connectivity index (χ1v) is 14.2. The Morgan fingerprint density at radius 2 is 1.63 bits per heavy atom. The Hall–Kier alpha value is -0.850. The summed E-state index contributed by atoms with van der Waals surface area (Å²) in [6.45, 7) is 1.70. The molecule has 2 nitrogen and oxygen atoms in total. The highest BCUT2D eigenvalue weighted by Crippen LogP contribution is 2.70. The number of hydrogen-bond acceptors (Lipinski definition) is 2. The minimum Gasteiger partial charge on any atom is -0.385 e. The Bertz CT molecular complexity index is 1040. The minimum atomic E-state index is -4.65. The van der Waals surface area contributed by atoms with Gasteiger partial charge in [0, 0.05) is 15.8 Å². The summed E-state index contributed by atoms with van der Waals surface area (Å²) in [4.78, 5) is 0. The van der Waals surface area contributed by atoms with Crippen LogP contribution >= 0.6 is 15.9 Å². The normalized spacial score (nSPS) is 42.7. The first-order chi connectivity index (χ1) is 16.4. The summed E-state index contributed by atoms with van der Waals surface area (Å²) in [7, 11) is 0. The average Bonchev–Trinajstić information content (AvgIpc) is 3.35. The zero-order chi connectivity index (χ0) is 24.9. The van der Waals surface area contributed by atoms with Crippen LogP contribution in [0, 0.1) is 22.7 Å². The van der Waals surface area contributed by atoms with E-state index in [1.165, 1.54) is 31.3 Å². The van der Waals surface area contributed by atoms with Crippen LogP contribution in [0.15, 0.2) is 39.9 Å². The van der Waals surface area contributed by atoms with Gasteiger partial charge in [-0.3, -0.25) is 0 Å². The molecule has 1 aromatic carbocycles. The second-order valence-corrected chi connectivity index (χ2v) is 13.6. The van der Waals surface area contributed by atoms with Gasteiger partial charge in [-0.25, -0.2) is 0 Å². The number of benzene rings is 1. The number of halogens is 4. The van der Waals surface area contributed by atoms with E-state index in [1.807, 2.05) is 24.3 Å². The van der Waals surface area contributed by atoms with Crippen LogP contribution in [0.5, 0.6) is 0 Å². The van der Waals surface area contributed by atoms with Crippen molar-refractivity contribution >= 4 is 15.9 Å². The van der Waals surface area contributed by atoms with Gasteiger partial charge in [0.2, 0.25) is 0 Å². The van der Waals surface area contributed by atoms with Crippen LogP contribution in [0.1, 0.15) is 95.5 Å². The molecule has 0 saturated heterocycles. The van der Waals surface area contributed by atoms with Gasteiger partial charge >= 0.3 is 6.18 Å². The van der Waals surface area contributed by atoms with Gasteiger partial charge in [-0.15, -0.1) is 0 Å². The molecule has 1 aromatic rings. The van der Waals surface area contributed by atoms with Crippen LogP contribution in [0.2, 0.25) is 0 Å². The number of fused-ring (bicyclic) bond motifs is 4. The third kappa shape index (κ3) is 3.41. The van der Waals surface area contributed by atoms with Crippen molar-refractivity contribution in [2.75, 3.05) is 0 Å². The maximum absolute atomic E-state index is 14.4. The molecule has 6 heteroatoms. The molecule has 4 fully saturated rings. The van der Waals surface area contributed by atoms with E-state index >= 15 is 0 Å². The van der Waals surface area contributed by atoms with E-state index in [9.17, 15) is 23.4 Å². The summed E-state index contributed by atoms with van der Waals surface area (Å²) in [5.74, 6) is -0.428. The third-order valence-corrected chi connectivity index (χ3v) is 11.8. The van der Waals surface area contributed by atoms with Gasteiger partial charge in [-0.05, 0) is 105 Å². The number of hydrogen-bond donors (Lipinski definition) is 2. The molecule has 0 aliphatic heterocycles. The molecular weight excluding hydrogens is 517 g/mol. The standard InChI is InChI=1S/C29H36BrF3O2/c1-25-16-21(18-4-6-19(30)7-5-18)24-20(22(25)10-15-28(25,35)29(31,32)33)8-14-27(34)17-26(11-2-3-12-26)13-9-23(24)27/h4-7,20-22,34-35H,2-3,8-17H2,1H3/t20?,21-,22?,25+,27-,28+/m1/s1. The molecule has 5 aliphatic carbocycles. The average molecular weight is 554 g/mol. The van der Waals surface area contributed by atoms with Crippen molar-refractivity contribution in [1.29, 1.82) is 0 Å². The topological polar surface area (TPSA) is 40.5 Å². The molecule has 6 rings (SSSR count). The van der Waals surface area contributed by atoms with E-state index in [1.54, 1.807) is 6.92 Å². The summed E-state index contributed by atoms with van der Waals surface area (Å²) in [6.07, 6.45) is 4.76. The summed E-state index contributed by atoms with van der Waals surface area (Å²) >= 11 is 3.50. The fourth-order valence-corrected chi connectivity index (χ4v) is 9.80. The molecule has 1 spiro atoms. The van der Waals surface area contributed by atoms with Gasteiger partial charge in [-0.1, -0.05) is 53.4 Å². The minimum absolute atomic E-state index is 0.00771. The largest absolute Gasteiger partial charge is 0.417 e. The Morgan fingerprint density at radius 3 is 2.29 bits per heavy atom. The van der Waals surface area contributed by atoms with Gasteiger partial charge in [0.15, 0.2) is 5.60 Å². The summed E-state index contributed by atoms with van der Waals surface area (Å²) < 4.78 is 44.0. The lowest BCUT2D eigenvalue weighted by atomic mass is 9.48. The summed E-state index contributed by atoms with van der Waals surface area (Å²) in [5, 5.41) is 23.3. The SMILES string of the molecule is C[C@]12C[C@H](c3ccc(Br)cc3)C3=C4CCC5(CCCC5)C[C@]4(O)CCC3C1CC[C@@]2(O)C(F)(F)F. The number of allylic oxidation sites excluding steroid dienone is 1. The highest BCUT2D eigenvalue weighted by molar-refractivity contribution is 9.10. The van der Waals surface area contributed by atoms with Crippen LogP contribution in [-0.2, 0) is 0 Å². The van der Waals surface area contributed by atoms with E-state index in [-0.39, 0.29) is 36.0 Å². The van der Waals surface area contributed by atoms with Gasteiger partial charge in [-0.2, -0.15) is 13.2 Å². The molecule has 4 saturated carbocycles. The van der Waals surface area contributed by atoms with Crippen LogP contribution in [0.3, 0.4) is 0 Å². The highest BCUT2D eigenvalue weighted by Gasteiger charge is 2.72. The van der Waals surface area contributed by atoms with E-state index in [2.05, 4.69) is 15.9 Å². The van der Waals surface area contributed by atoms with Crippen LogP contribution < -0.4 is 0 Å². The van der Waals surface area contributed by atoms with Gasteiger partial charge < -0.3 is 10.2 Å². The second kappa shape index (κ2) is 7.83. The molecular formula is C29H36BrF3O2. The molecule has 6 atom stereocenters. The molecule has 35 heavy (non-hydrogen) atoms. The smallest absolute Gasteiger partial charge is 0.385 e.